The summed E-state index contributed by atoms with van der Waals surface area (Å²) in [6, 6.07) is 7.99. The second-order valence-electron chi connectivity index (χ2n) is 7.53. The highest BCUT2D eigenvalue weighted by Gasteiger charge is 2.22. The van der Waals surface area contributed by atoms with Gasteiger partial charge in [0.15, 0.2) is 11.7 Å². The van der Waals surface area contributed by atoms with E-state index in [9.17, 15) is 4.79 Å². The summed E-state index contributed by atoms with van der Waals surface area (Å²) in [5, 5.41) is 3.76. The van der Waals surface area contributed by atoms with E-state index >= 15 is 0 Å². The molecule has 1 N–H and O–H groups in total. The van der Waals surface area contributed by atoms with Gasteiger partial charge in [-0.25, -0.2) is 4.98 Å². The van der Waals surface area contributed by atoms with Gasteiger partial charge in [-0.15, -0.1) is 0 Å². The molecule has 0 aliphatic carbocycles. The predicted octanol–water partition coefficient (Wildman–Crippen LogP) is 4.16. The van der Waals surface area contributed by atoms with Gasteiger partial charge in [0, 0.05) is 42.6 Å². The molecule has 1 aromatic heterocycles. The summed E-state index contributed by atoms with van der Waals surface area (Å²) < 4.78 is 5.75. The van der Waals surface area contributed by atoms with Crippen molar-refractivity contribution in [1.82, 2.24) is 15.2 Å². The quantitative estimate of drug-likeness (QED) is 0.772. The van der Waals surface area contributed by atoms with Crippen molar-refractivity contribution < 1.29 is 9.21 Å². The number of halogens is 1. The number of benzene rings is 1. The molecular formula is C21H28ClN3O2. The second-order valence-corrected chi connectivity index (χ2v) is 7.96. The number of nitrogens with zero attached hydrogens (tertiary/aromatic N) is 2. The van der Waals surface area contributed by atoms with Crippen molar-refractivity contribution in [2.24, 2.45) is 5.92 Å². The molecule has 5 nitrogen and oxygen atoms in total. The van der Waals surface area contributed by atoms with Gasteiger partial charge in [-0.2, -0.15) is 0 Å². The molecule has 0 radical (unpaired) electrons. The summed E-state index contributed by atoms with van der Waals surface area (Å²) >= 11 is 5.90. The average Bonchev–Trinajstić information content (AvgIpc) is 3.14. The molecule has 1 fully saturated rings. The summed E-state index contributed by atoms with van der Waals surface area (Å²) in [6.07, 6.45) is 4.98. The number of hydrogen-bond acceptors (Lipinski definition) is 4. The van der Waals surface area contributed by atoms with E-state index < -0.39 is 0 Å². The van der Waals surface area contributed by atoms with E-state index in [2.05, 4.69) is 29.0 Å². The molecule has 1 aromatic carbocycles. The SMILES string of the molecule is CC(C)N1CCCC(CNC(=O)CCc2ncc(-c3ccc(Cl)cc3)o2)C1. The van der Waals surface area contributed by atoms with E-state index in [0.717, 1.165) is 18.7 Å². The van der Waals surface area contributed by atoms with Crippen LogP contribution >= 0.6 is 11.6 Å². The van der Waals surface area contributed by atoms with Crippen molar-refractivity contribution in [3.8, 4) is 11.3 Å². The Morgan fingerprint density at radius 3 is 2.89 bits per heavy atom. The Balaban J connectivity index is 1.42. The maximum absolute atomic E-state index is 12.2. The van der Waals surface area contributed by atoms with Crippen LogP contribution in [0, 0.1) is 5.92 Å². The number of rotatable bonds is 7. The minimum absolute atomic E-state index is 0.0583. The van der Waals surface area contributed by atoms with Gasteiger partial charge in [0.25, 0.3) is 0 Å². The normalized spacial score (nSPS) is 18.0. The van der Waals surface area contributed by atoms with Crippen LogP contribution in [-0.4, -0.2) is 41.5 Å². The molecule has 2 heterocycles. The largest absolute Gasteiger partial charge is 0.441 e. The standard InChI is InChI=1S/C21H28ClN3O2/c1-15(2)25-11-3-4-16(14-25)12-23-20(26)9-10-21-24-13-19(27-21)17-5-7-18(22)8-6-17/h5-8,13,15-16H,3-4,9-12,14H2,1-2H3,(H,23,26). The highest BCUT2D eigenvalue weighted by molar-refractivity contribution is 6.30. The number of aryl methyl sites for hydroxylation is 1. The predicted molar refractivity (Wildman–Crippen MR) is 108 cm³/mol. The van der Waals surface area contributed by atoms with E-state index in [1.807, 2.05) is 24.3 Å². The zero-order valence-corrected chi connectivity index (χ0v) is 16.8. The topological polar surface area (TPSA) is 58.4 Å². The van der Waals surface area contributed by atoms with Gasteiger partial charge in [0.05, 0.1) is 6.20 Å². The number of piperidine rings is 1. The van der Waals surface area contributed by atoms with Crippen molar-refractivity contribution in [2.45, 2.75) is 45.6 Å². The van der Waals surface area contributed by atoms with Crippen LogP contribution in [0.4, 0.5) is 0 Å². The highest BCUT2D eigenvalue weighted by atomic mass is 35.5. The lowest BCUT2D eigenvalue weighted by molar-refractivity contribution is -0.121. The van der Waals surface area contributed by atoms with E-state index in [4.69, 9.17) is 16.0 Å². The van der Waals surface area contributed by atoms with Gasteiger partial charge in [0.1, 0.15) is 0 Å². The maximum Gasteiger partial charge on any atom is 0.220 e. The third kappa shape index (κ3) is 5.81. The van der Waals surface area contributed by atoms with E-state index in [0.29, 0.717) is 41.5 Å². The number of nitrogens with one attached hydrogen (secondary N) is 1. The Morgan fingerprint density at radius 1 is 1.37 bits per heavy atom. The molecule has 6 heteroatoms. The Morgan fingerprint density at radius 2 is 2.15 bits per heavy atom. The lowest BCUT2D eigenvalue weighted by Crippen LogP contribution is -2.43. The Labute approximate surface area is 166 Å². The van der Waals surface area contributed by atoms with Gasteiger partial charge >= 0.3 is 0 Å². The zero-order valence-electron chi connectivity index (χ0n) is 16.1. The van der Waals surface area contributed by atoms with Gasteiger partial charge in [-0.05, 0) is 63.4 Å². The van der Waals surface area contributed by atoms with Gasteiger partial charge in [-0.1, -0.05) is 11.6 Å². The van der Waals surface area contributed by atoms with Crippen molar-refractivity contribution in [1.29, 1.82) is 0 Å². The molecule has 0 saturated carbocycles. The monoisotopic (exact) mass is 389 g/mol. The summed E-state index contributed by atoms with van der Waals surface area (Å²) in [5.41, 5.74) is 0.926. The molecule has 2 aromatic rings. The average molecular weight is 390 g/mol. The fourth-order valence-electron chi connectivity index (χ4n) is 3.47. The number of likely N-dealkylation sites (tertiary alicyclic amines) is 1. The molecule has 1 saturated heterocycles. The van der Waals surface area contributed by atoms with Crippen LogP contribution in [0.1, 0.15) is 39.0 Å². The third-order valence-corrected chi connectivity index (χ3v) is 5.37. The highest BCUT2D eigenvalue weighted by Crippen LogP contribution is 2.23. The first-order chi connectivity index (χ1) is 13.0. The van der Waals surface area contributed by atoms with E-state index in [1.54, 1.807) is 6.20 Å². The summed E-state index contributed by atoms with van der Waals surface area (Å²) in [4.78, 5) is 19.0. The number of oxazole rings is 1. The summed E-state index contributed by atoms with van der Waals surface area (Å²) in [5.74, 6) is 1.88. The molecule has 1 atom stereocenters. The van der Waals surface area contributed by atoms with Crippen molar-refractivity contribution >= 4 is 17.5 Å². The van der Waals surface area contributed by atoms with Crippen molar-refractivity contribution in [3.63, 3.8) is 0 Å². The molecule has 0 spiro atoms. The molecule has 146 valence electrons. The first-order valence-corrected chi connectivity index (χ1v) is 10.1. The van der Waals surface area contributed by atoms with Crippen LogP contribution < -0.4 is 5.32 Å². The molecule has 27 heavy (non-hydrogen) atoms. The lowest BCUT2D eigenvalue weighted by Gasteiger charge is -2.35. The lowest BCUT2D eigenvalue weighted by atomic mass is 9.97. The zero-order chi connectivity index (χ0) is 19.2. The van der Waals surface area contributed by atoms with Crippen LogP contribution in [0.2, 0.25) is 5.02 Å². The van der Waals surface area contributed by atoms with Gasteiger partial charge in [-0.3, -0.25) is 4.79 Å². The second kappa shape index (κ2) is 9.38. The number of hydrogen-bond donors (Lipinski definition) is 1. The third-order valence-electron chi connectivity index (χ3n) is 5.12. The van der Waals surface area contributed by atoms with Crippen molar-refractivity contribution in [2.75, 3.05) is 19.6 Å². The van der Waals surface area contributed by atoms with E-state index in [1.165, 1.54) is 19.4 Å². The van der Waals surface area contributed by atoms with Crippen molar-refractivity contribution in [3.05, 3.63) is 41.4 Å². The maximum atomic E-state index is 12.2. The van der Waals surface area contributed by atoms with Crippen LogP contribution in [0.5, 0.6) is 0 Å². The fourth-order valence-corrected chi connectivity index (χ4v) is 3.60. The first kappa shape index (κ1) is 19.9. The first-order valence-electron chi connectivity index (χ1n) is 9.72. The molecule has 1 amide bonds. The molecular weight excluding hydrogens is 362 g/mol. The molecule has 1 unspecified atom stereocenters. The number of carbonyl (C=O) groups is 1. The Hall–Kier alpha value is -1.85. The van der Waals surface area contributed by atoms with Crippen LogP contribution in [0.25, 0.3) is 11.3 Å². The Bertz CT molecular complexity index is 742. The van der Waals surface area contributed by atoms with Crippen LogP contribution in [0.15, 0.2) is 34.9 Å². The van der Waals surface area contributed by atoms with Gasteiger partial charge < -0.3 is 14.6 Å². The number of carbonyl (C=O) groups excluding carboxylic acids is 1. The Kier molecular flexibility index (Phi) is 6.91. The van der Waals surface area contributed by atoms with Crippen LogP contribution in [0.3, 0.4) is 0 Å². The molecule has 3 rings (SSSR count). The minimum atomic E-state index is 0.0583. The number of aromatic nitrogens is 1. The van der Waals surface area contributed by atoms with Gasteiger partial charge in [0.2, 0.25) is 5.91 Å². The number of amides is 1. The van der Waals surface area contributed by atoms with Crippen LogP contribution in [-0.2, 0) is 11.2 Å². The van der Waals surface area contributed by atoms with E-state index in [-0.39, 0.29) is 5.91 Å². The smallest absolute Gasteiger partial charge is 0.220 e. The minimum Gasteiger partial charge on any atom is -0.441 e. The molecule has 1 aliphatic heterocycles. The molecule has 0 bridgehead atoms. The fraction of sp³-hybridized carbons (Fsp3) is 0.524. The summed E-state index contributed by atoms with van der Waals surface area (Å²) in [6.45, 7) is 7.46. The summed E-state index contributed by atoms with van der Waals surface area (Å²) in [7, 11) is 0. The molecule has 1 aliphatic rings.